The predicted octanol–water partition coefficient (Wildman–Crippen LogP) is 2.67. The van der Waals surface area contributed by atoms with Gasteiger partial charge in [-0.15, -0.1) is 10.2 Å². The van der Waals surface area contributed by atoms with Gasteiger partial charge in [0.05, 0.1) is 5.75 Å². The summed E-state index contributed by atoms with van der Waals surface area (Å²) < 4.78 is 2.08. The third-order valence-corrected chi connectivity index (χ3v) is 4.84. The molecule has 0 aliphatic heterocycles. The molecule has 22 heavy (non-hydrogen) atoms. The number of carbonyl (C=O) groups excluding carboxylic acids is 1. The van der Waals surface area contributed by atoms with Crippen LogP contribution in [0.1, 0.15) is 30.0 Å². The number of nitrogens with zero attached hydrogens (tertiary/aromatic N) is 4. The molecule has 1 aromatic carbocycles. The van der Waals surface area contributed by atoms with Crippen molar-refractivity contribution < 1.29 is 4.79 Å². The van der Waals surface area contributed by atoms with E-state index in [-0.39, 0.29) is 5.91 Å². The molecule has 1 saturated carbocycles. The van der Waals surface area contributed by atoms with Crippen LogP contribution in [0, 0.1) is 6.92 Å². The number of hydrogen-bond donors (Lipinski definition) is 0. The third kappa shape index (κ3) is 3.50. The minimum absolute atomic E-state index is 0.110. The van der Waals surface area contributed by atoms with E-state index >= 15 is 0 Å². The lowest BCUT2D eigenvalue weighted by Gasteiger charge is -2.18. The lowest BCUT2D eigenvalue weighted by molar-refractivity contribution is -0.127. The van der Waals surface area contributed by atoms with E-state index in [9.17, 15) is 4.79 Å². The van der Waals surface area contributed by atoms with Gasteiger partial charge in [0.2, 0.25) is 5.91 Å². The summed E-state index contributed by atoms with van der Waals surface area (Å²) in [5.41, 5.74) is 2.40. The lowest BCUT2D eigenvalue weighted by Crippen LogP contribution is -2.28. The Balaban J connectivity index is 1.55. The molecule has 1 amide bonds. The number of aromatic nitrogens is 3. The van der Waals surface area contributed by atoms with Crippen LogP contribution in [0.4, 0.5) is 0 Å². The van der Waals surface area contributed by atoms with Gasteiger partial charge in [0.1, 0.15) is 6.33 Å². The second-order valence-corrected chi connectivity index (χ2v) is 6.66. The van der Waals surface area contributed by atoms with Crippen LogP contribution in [0.25, 0.3) is 0 Å². The monoisotopic (exact) mass is 316 g/mol. The quantitative estimate of drug-likeness (QED) is 0.769. The lowest BCUT2D eigenvalue weighted by atomic mass is 10.1. The molecule has 1 aromatic heterocycles. The van der Waals surface area contributed by atoms with Crippen molar-refractivity contribution in [2.24, 2.45) is 0 Å². The Morgan fingerprint density at radius 1 is 1.41 bits per heavy atom. The van der Waals surface area contributed by atoms with Crippen LogP contribution in [0.3, 0.4) is 0 Å². The van der Waals surface area contributed by atoms with Crippen LogP contribution in [-0.4, -0.2) is 38.4 Å². The topological polar surface area (TPSA) is 51.0 Å². The zero-order valence-corrected chi connectivity index (χ0v) is 13.7. The number of rotatable bonds is 6. The van der Waals surface area contributed by atoms with Crippen LogP contribution in [0.2, 0.25) is 0 Å². The average Bonchev–Trinajstić information content (AvgIpc) is 3.25. The minimum Gasteiger partial charge on any atom is -0.341 e. The zero-order chi connectivity index (χ0) is 15.5. The molecular formula is C16H20N4OS. The van der Waals surface area contributed by atoms with Gasteiger partial charge in [-0.2, -0.15) is 0 Å². The number of amides is 1. The number of aryl methyl sites for hydroxylation is 1. The average molecular weight is 316 g/mol. The van der Waals surface area contributed by atoms with Gasteiger partial charge in [-0.25, -0.2) is 0 Å². The van der Waals surface area contributed by atoms with Crippen LogP contribution in [0.15, 0.2) is 35.7 Å². The van der Waals surface area contributed by atoms with Gasteiger partial charge in [0.25, 0.3) is 0 Å². The third-order valence-electron chi connectivity index (χ3n) is 3.90. The Morgan fingerprint density at radius 3 is 2.91 bits per heavy atom. The summed E-state index contributed by atoms with van der Waals surface area (Å²) in [6, 6.07) is 8.70. The van der Waals surface area contributed by atoms with Crippen molar-refractivity contribution in [3.8, 4) is 0 Å². The van der Waals surface area contributed by atoms with Gasteiger partial charge in [-0.1, -0.05) is 36.0 Å². The first-order valence-corrected chi connectivity index (χ1v) is 8.44. The molecule has 0 saturated heterocycles. The first-order chi connectivity index (χ1) is 10.6. The molecule has 0 N–H and O–H groups in total. The van der Waals surface area contributed by atoms with Crippen molar-refractivity contribution in [2.75, 3.05) is 12.8 Å². The smallest absolute Gasteiger partial charge is 0.233 e. The summed E-state index contributed by atoms with van der Waals surface area (Å²) in [5.74, 6) is 0.506. The van der Waals surface area contributed by atoms with Crippen molar-refractivity contribution in [1.29, 1.82) is 0 Å². The molecule has 0 bridgehead atoms. The number of thioether (sulfide) groups is 1. The SMILES string of the molecule is Cc1ccccc1CN(C)C(=O)CSc1nncn1C1CC1. The van der Waals surface area contributed by atoms with Gasteiger partial charge >= 0.3 is 0 Å². The largest absolute Gasteiger partial charge is 0.341 e. The van der Waals surface area contributed by atoms with E-state index < -0.39 is 0 Å². The second-order valence-electron chi connectivity index (χ2n) is 5.72. The van der Waals surface area contributed by atoms with Crippen LogP contribution < -0.4 is 0 Å². The van der Waals surface area contributed by atoms with E-state index in [0.29, 0.717) is 18.3 Å². The molecule has 1 aliphatic carbocycles. The number of carbonyl (C=O) groups is 1. The summed E-state index contributed by atoms with van der Waals surface area (Å²) in [7, 11) is 1.85. The molecule has 116 valence electrons. The highest BCUT2D eigenvalue weighted by molar-refractivity contribution is 7.99. The van der Waals surface area contributed by atoms with E-state index in [4.69, 9.17) is 0 Å². The highest BCUT2D eigenvalue weighted by Crippen LogP contribution is 2.37. The first-order valence-electron chi connectivity index (χ1n) is 7.46. The molecule has 1 aliphatic rings. The van der Waals surface area contributed by atoms with Gasteiger partial charge in [0, 0.05) is 19.6 Å². The highest BCUT2D eigenvalue weighted by Gasteiger charge is 2.26. The van der Waals surface area contributed by atoms with Crippen molar-refractivity contribution in [3.05, 3.63) is 41.7 Å². The molecule has 1 fully saturated rings. The Kier molecular flexibility index (Phi) is 4.47. The molecule has 0 unspecified atom stereocenters. The highest BCUT2D eigenvalue weighted by atomic mass is 32.2. The molecule has 3 rings (SSSR count). The maximum Gasteiger partial charge on any atom is 0.233 e. The summed E-state index contributed by atoms with van der Waals surface area (Å²) in [6.45, 7) is 2.71. The van der Waals surface area contributed by atoms with E-state index in [0.717, 1.165) is 5.16 Å². The van der Waals surface area contributed by atoms with Crippen LogP contribution >= 0.6 is 11.8 Å². The Morgan fingerprint density at radius 2 is 2.18 bits per heavy atom. The summed E-state index contributed by atoms with van der Waals surface area (Å²) in [6.07, 6.45) is 4.14. The molecule has 0 radical (unpaired) electrons. The molecule has 5 nitrogen and oxygen atoms in total. The molecule has 1 heterocycles. The van der Waals surface area contributed by atoms with E-state index in [1.807, 2.05) is 19.2 Å². The van der Waals surface area contributed by atoms with Crippen molar-refractivity contribution >= 4 is 17.7 Å². The van der Waals surface area contributed by atoms with Gasteiger partial charge in [-0.3, -0.25) is 4.79 Å². The summed E-state index contributed by atoms with van der Waals surface area (Å²) >= 11 is 1.47. The van der Waals surface area contributed by atoms with E-state index in [1.165, 1.54) is 35.7 Å². The summed E-state index contributed by atoms with van der Waals surface area (Å²) in [4.78, 5) is 14.1. The van der Waals surface area contributed by atoms with Gasteiger partial charge < -0.3 is 9.47 Å². The predicted molar refractivity (Wildman–Crippen MR) is 86.7 cm³/mol. The Hall–Kier alpha value is -1.82. The van der Waals surface area contributed by atoms with Crippen LogP contribution in [-0.2, 0) is 11.3 Å². The zero-order valence-electron chi connectivity index (χ0n) is 12.9. The van der Waals surface area contributed by atoms with Gasteiger partial charge in [0.15, 0.2) is 5.16 Å². The molecule has 0 atom stereocenters. The van der Waals surface area contributed by atoms with Crippen molar-refractivity contribution in [1.82, 2.24) is 19.7 Å². The second kappa shape index (κ2) is 6.52. The fraction of sp³-hybridized carbons (Fsp3) is 0.438. The van der Waals surface area contributed by atoms with Crippen molar-refractivity contribution in [3.63, 3.8) is 0 Å². The molecule has 6 heteroatoms. The van der Waals surface area contributed by atoms with Gasteiger partial charge in [-0.05, 0) is 30.9 Å². The number of hydrogen-bond acceptors (Lipinski definition) is 4. The molecular weight excluding hydrogens is 296 g/mol. The fourth-order valence-corrected chi connectivity index (χ4v) is 3.23. The molecule has 2 aromatic rings. The Labute approximate surface area is 134 Å². The Bertz CT molecular complexity index is 666. The van der Waals surface area contributed by atoms with Crippen LogP contribution in [0.5, 0.6) is 0 Å². The first kappa shape index (κ1) is 15.1. The summed E-state index contributed by atoms with van der Waals surface area (Å²) in [5, 5.41) is 8.91. The van der Waals surface area contributed by atoms with E-state index in [2.05, 4.69) is 33.8 Å². The normalized spacial score (nSPS) is 14.1. The molecule has 0 spiro atoms. The minimum atomic E-state index is 0.110. The maximum absolute atomic E-state index is 12.3. The van der Waals surface area contributed by atoms with Crippen molar-refractivity contribution in [2.45, 2.75) is 37.5 Å². The van der Waals surface area contributed by atoms with E-state index in [1.54, 1.807) is 11.2 Å². The number of benzene rings is 1. The maximum atomic E-state index is 12.3. The fourth-order valence-electron chi connectivity index (χ4n) is 2.31. The standard InChI is InChI=1S/C16H20N4OS/c1-12-5-3-4-6-13(12)9-19(2)15(21)10-22-16-18-17-11-20(16)14-7-8-14/h3-6,11,14H,7-10H2,1-2H3.